The van der Waals surface area contributed by atoms with E-state index < -0.39 is 7.60 Å². The SMILES string of the molecule is CCOP(=O)(OCC)c1ccc(-c2cccc3cc(-c4nc5cc(C(=O)N6C[C@H]7CC[C@@H]6[C@@H]7N)cc(OC)c5n4C)n(CC4CC4)c23)cc1. The first kappa shape index (κ1) is 32.3. The number of benzene rings is 3. The summed E-state index contributed by atoms with van der Waals surface area (Å²) < 4.78 is 35.0. The molecule has 3 aromatic carbocycles. The highest BCUT2D eigenvalue weighted by Gasteiger charge is 2.47. The standard InChI is InChI=1S/C38H44N5O5P/c1-5-47-49(45,48-6-2)28-15-12-24(13-16-28)29-9-7-8-25-19-32(42(35(25)29)21-23-10-11-23)37-40-30-18-27(20-33(46-4)36(30)41(37)3)38(44)43-22-26-14-17-31(43)34(26)39/h7-9,12-13,15-16,18-20,23,26,31,34H,5-6,10-11,14,17,21-22,39H2,1-4H3/t26-,31-,34-/m1/s1. The molecule has 8 rings (SSSR count). The Bertz CT molecular complexity index is 2110. The van der Waals surface area contributed by atoms with Gasteiger partial charge in [-0.3, -0.25) is 9.36 Å². The Balaban J connectivity index is 1.22. The van der Waals surface area contributed by atoms with E-state index in [0.717, 1.165) is 64.0 Å². The number of carbonyl (C=O) groups is 1. The fourth-order valence-corrected chi connectivity index (χ4v) is 9.67. The number of rotatable bonds is 11. The van der Waals surface area contributed by atoms with E-state index in [-0.39, 0.29) is 18.0 Å². The maximum absolute atomic E-state index is 13.8. The number of ether oxygens (including phenoxy) is 1. The summed E-state index contributed by atoms with van der Waals surface area (Å²) in [5.41, 5.74) is 12.8. The highest BCUT2D eigenvalue weighted by Crippen LogP contribution is 2.47. The molecule has 3 fully saturated rings. The van der Waals surface area contributed by atoms with Gasteiger partial charge in [0, 0.05) is 48.7 Å². The van der Waals surface area contributed by atoms with E-state index in [4.69, 9.17) is 24.5 Å². The minimum Gasteiger partial charge on any atom is -0.494 e. The minimum atomic E-state index is -3.39. The third-order valence-electron chi connectivity index (χ3n) is 10.7. The van der Waals surface area contributed by atoms with Gasteiger partial charge in [-0.2, -0.15) is 0 Å². The van der Waals surface area contributed by atoms with Crippen molar-refractivity contribution in [2.45, 2.75) is 58.2 Å². The molecule has 2 saturated carbocycles. The molecule has 3 heterocycles. The van der Waals surface area contributed by atoms with Crippen molar-refractivity contribution in [3.63, 3.8) is 0 Å². The average molecular weight is 682 g/mol. The fraction of sp³-hybridized carbons (Fsp3) is 0.421. The Morgan fingerprint density at radius 3 is 2.37 bits per heavy atom. The van der Waals surface area contributed by atoms with Crippen molar-refractivity contribution in [1.82, 2.24) is 19.0 Å². The van der Waals surface area contributed by atoms with Crippen LogP contribution in [0.15, 0.2) is 60.7 Å². The van der Waals surface area contributed by atoms with Gasteiger partial charge in [-0.25, -0.2) is 4.98 Å². The molecule has 3 aliphatic rings. The number of aryl methyl sites for hydroxylation is 1. The highest BCUT2D eigenvalue weighted by molar-refractivity contribution is 7.62. The summed E-state index contributed by atoms with van der Waals surface area (Å²) in [5.74, 6) is 2.41. The maximum atomic E-state index is 13.8. The number of fused-ring (bicyclic) bond motifs is 4. The summed E-state index contributed by atoms with van der Waals surface area (Å²) >= 11 is 0. The number of carbonyl (C=O) groups excluding carboxylic acids is 1. The van der Waals surface area contributed by atoms with Gasteiger partial charge in [0.15, 0.2) is 5.82 Å². The molecule has 5 aromatic rings. The number of methoxy groups -OCH3 is 1. The zero-order chi connectivity index (χ0) is 34.0. The van der Waals surface area contributed by atoms with Crippen LogP contribution in [0.3, 0.4) is 0 Å². The number of nitrogens with zero attached hydrogens (tertiary/aromatic N) is 4. The Labute approximate surface area is 286 Å². The lowest BCUT2D eigenvalue weighted by Gasteiger charge is -2.27. The number of nitrogens with two attached hydrogens (primary N) is 1. The number of aromatic nitrogens is 3. The Kier molecular flexibility index (Phi) is 8.18. The number of hydrogen-bond donors (Lipinski definition) is 1. The summed E-state index contributed by atoms with van der Waals surface area (Å²) in [5, 5.41) is 1.66. The van der Waals surface area contributed by atoms with Crippen molar-refractivity contribution >= 4 is 40.7 Å². The molecule has 0 radical (unpaired) electrons. The summed E-state index contributed by atoms with van der Waals surface area (Å²) in [4.78, 5) is 21.0. The molecule has 3 atom stereocenters. The number of likely N-dealkylation sites (tertiary alicyclic amines) is 1. The van der Waals surface area contributed by atoms with Crippen molar-refractivity contribution in [2.75, 3.05) is 26.9 Å². The molecule has 2 N–H and O–H groups in total. The fourth-order valence-electron chi connectivity index (χ4n) is 8.11. The van der Waals surface area contributed by atoms with Gasteiger partial charge in [-0.05, 0) is 87.3 Å². The quantitative estimate of drug-likeness (QED) is 0.154. The Hall–Kier alpha value is -3.95. The van der Waals surface area contributed by atoms with Crippen LogP contribution in [0.25, 0.3) is 44.6 Å². The van der Waals surface area contributed by atoms with Crippen LogP contribution < -0.4 is 15.8 Å². The van der Waals surface area contributed by atoms with Gasteiger partial charge in [0.25, 0.3) is 5.91 Å². The first-order chi connectivity index (χ1) is 23.7. The van der Waals surface area contributed by atoms with Crippen LogP contribution in [0.4, 0.5) is 0 Å². The average Bonchev–Trinajstić information content (AvgIpc) is 3.50. The molecular formula is C38H44N5O5P. The summed E-state index contributed by atoms with van der Waals surface area (Å²) in [6.07, 6.45) is 4.45. The molecule has 11 heteroatoms. The first-order valence-corrected chi connectivity index (χ1v) is 19.0. The van der Waals surface area contributed by atoms with Crippen LogP contribution in [0.5, 0.6) is 5.75 Å². The van der Waals surface area contributed by atoms with Crippen molar-refractivity contribution in [1.29, 1.82) is 0 Å². The van der Waals surface area contributed by atoms with Gasteiger partial charge >= 0.3 is 7.60 Å². The van der Waals surface area contributed by atoms with Crippen molar-refractivity contribution in [2.24, 2.45) is 24.6 Å². The van der Waals surface area contributed by atoms with E-state index in [9.17, 15) is 9.36 Å². The lowest BCUT2D eigenvalue weighted by atomic mass is 10.0. The molecule has 1 amide bonds. The molecule has 256 valence electrons. The summed E-state index contributed by atoms with van der Waals surface area (Å²) in [6, 6.07) is 20.2. The second kappa shape index (κ2) is 12.4. The number of amides is 1. The van der Waals surface area contributed by atoms with Crippen LogP contribution in [0.1, 0.15) is 49.9 Å². The van der Waals surface area contributed by atoms with Gasteiger partial charge in [0.2, 0.25) is 0 Å². The topological polar surface area (TPSA) is 114 Å². The van der Waals surface area contributed by atoms with Crippen molar-refractivity contribution < 1.29 is 23.1 Å². The number of piperidine rings is 1. The molecule has 0 spiro atoms. The predicted molar refractivity (Wildman–Crippen MR) is 192 cm³/mol. The second-order valence-electron chi connectivity index (χ2n) is 13.7. The third-order valence-corrected chi connectivity index (χ3v) is 12.8. The second-order valence-corrected chi connectivity index (χ2v) is 15.7. The van der Waals surface area contributed by atoms with E-state index in [2.05, 4.69) is 33.4 Å². The highest BCUT2D eigenvalue weighted by atomic mass is 31.2. The monoisotopic (exact) mass is 681 g/mol. The van der Waals surface area contributed by atoms with E-state index in [0.29, 0.717) is 48.2 Å². The van der Waals surface area contributed by atoms with Crippen LogP contribution >= 0.6 is 7.60 Å². The van der Waals surface area contributed by atoms with Gasteiger partial charge in [0.1, 0.15) is 11.3 Å². The molecule has 49 heavy (non-hydrogen) atoms. The van der Waals surface area contributed by atoms with Gasteiger partial charge in [0.05, 0.1) is 42.4 Å². The number of hydrogen-bond acceptors (Lipinski definition) is 7. The van der Waals surface area contributed by atoms with Crippen molar-refractivity contribution in [3.8, 4) is 28.4 Å². The van der Waals surface area contributed by atoms with E-state index in [1.807, 2.05) is 62.2 Å². The third kappa shape index (κ3) is 5.40. The Morgan fingerprint density at radius 2 is 1.73 bits per heavy atom. The van der Waals surface area contributed by atoms with Gasteiger partial charge < -0.3 is 33.6 Å². The maximum Gasteiger partial charge on any atom is 0.361 e. The minimum absolute atomic E-state index is 0.00701. The normalized spacial score (nSPS) is 20.6. The van der Waals surface area contributed by atoms with Gasteiger partial charge in [-0.15, -0.1) is 0 Å². The molecule has 2 aliphatic carbocycles. The molecule has 2 bridgehead atoms. The van der Waals surface area contributed by atoms with E-state index >= 15 is 0 Å². The predicted octanol–water partition coefficient (Wildman–Crippen LogP) is 6.73. The Morgan fingerprint density at radius 1 is 0.980 bits per heavy atom. The lowest BCUT2D eigenvalue weighted by molar-refractivity contribution is 0.0700. The number of imidazole rings is 1. The largest absolute Gasteiger partial charge is 0.494 e. The number of para-hydroxylation sites is 1. The lowest BCUT2D eigenvalue weighted by Crippen LogP contribution is -2.41. The molecular weight excluding hydrogens is 637 g/mol. The van der Waals surface area contributed by atoms with Crippen LogP contribution in [0.2, 0.25) is 0 Å². The first-order valence-electron chi connectivity index (χ1n) is 17.5. The zero-order valence-corrected chi connectivity index (χ0v) is 29.5. The summed E-state index contributed by atoms with van der Waals surface area (Å²) in [6.45, 7) is 5.83. The molecule has 0 unspecified atom stereocenters. The van der Waals surface area contributed by atoms with Crippen LogP contribution in [-0.4, -0.2) is 63.9 Å². The molecule has 1 aliphatic heterocycles. The summed E-state index contributed by atoms with van der Waals surface area (Å²) in [7, 11) is 0.268. The van der Waals surface area contributed by atoms with Crippen LogP contribution in [-0.2, 0) is 27.2 Å². The zero-order valence-electron chi connectivity index (χ0n) is 28.6. The molecule has 2 aromatic heterocycles. The van der Waals surface area contributed by atoms with E-state index in [1.54, 1.807) is 7.11 Å². The van der Waals surface area contributed by atoms with Crippen LogP contribution in [0, 0.1) is 11.8 Å². The van der Waals surface area contributed by atoms with E-state index in [1.165, 1.54) is 12.8 Å². The molecule has 1 saturated heterocycles. The van der Waals surface area contributed by atoms with Gasteiger partial charge in [-0.1, -0.05) is 30.3 Å². The van der Waals surface area contributed by atoms with Crippen molar-refractivity contribution in [3.05, 3.63) is 66.2 Å². The molecule has 10 nitrogen and oxygen atoms in total. The smallest absolute Gasteiger partial charge is 0.361 e.